The Kier molecular flexibility index (Phi) is 3.66. The maximum atomic E-state index is 12.2. The number of benzene rings is 1. The summed E-state index contributed by atoms with van der Waals surface area (Å²) >= 11 is 11.6. The number of aliphatic hydroxyl groups is 1. The molecule has 0 bridgehead atoms. The highest BCUT2D eigenvalue weighted by molar-refractivity contribution is 7.89. The van der Waals surface area contributed by atoms with Gasteiger partial charge in [0.2, 0.25) is 10.0 Å². The lowest BCUT2D eigenvalue weighted by Crippen LogP contribution is -2.51. The largest absolute Gasteiger partial charge is 0.396 e. The van der Waals surface area contributed by atoms with Gasteiger partial charge in [0.25, 0.3) is 0 Å². The van der Waals surface area contributed by atoms with Gasteiger partial charge in [-0.25, -0.2) is 8.42 Å². The summed E-state index contributed by atoms with van der Waals surface area (Å²) in [4.78, 5) is 0.0167. The number of nitrogens with zero attached hydrogens (tertiary/aromatic N) is 1. The second-order valence-electron chi connectivity index (χ2n) is 3.95. The van der Waals surface area contributed by atoms with E-state index in [2.05, 4.69) is 0 Å². The first-order valence-corrected chi connectivity index (χ1v) is 7.21. The Hall–Kier alpha value is -0.330. The summed E-state index contributed by atoms with van der Waals surface area (Å²) in [5, 5.41) is 9.35. The molecule has 1 N–H and O–H groups in total. The van der Waals surface area contributed by atoms with Crippen LogP contribution >= 0.6 is 23.2 Å². The van der Waals surface area contributed by atoms with E-state index >= 15 is 0 Å². The normalized spacial score (nSPS) is 18.1. The molecule has 1 aromatic carbocycles. The lowest BCUT2D eigenvalue weighted by Gasteiger charge is -2.37. The molecular formula is C10H11Cl2NO3S. The first-order chi connectivity index (χ1) is 7.95. The van der Waals surface area contributed by atoms with Gasteiger partial charge in [0.05, 0.1) is 5.02 Å². The van der Waals surface area contributed by atoms with Crippen LogP contribution in [0.2, 0.25) is 10.0 Å². The molecule has 0 spiro atoms. The van der Waals surface area contributed by atoms with Gasteiger partial charge in [0.1, 0.15) is 4.90 Å². The molecule has 2 rings (SSSR count). The Labute approximate surface area is 110 Å². The summed E-state index contributed by atoms with van der Waals surface area (Å²) in [5.74, 6) is 0.0164. The first-order valence-electron chi connectivity index (χ1n) is 5.01. The van der Waals surface area contributed by atoms with Crippen LogP contribution in [-0.2, 0) is 10.0 Å². The fraction of sp³-hybridized carbons (Fsp3) is 0.400. The predicted octanol–water partition coefficient (Wildman–Crippen LogP) is 1.61. The third-order valence-electron chi connectivity index (χ3n) is 2.69. The smallest absolute Gasteiger partial charge is 0.244 e. The third kappa shape index (κ3) is 2.44. The van der Waals surface area contributed by atoms with Gasteiger partial charge in [0, 0.05) is 30.6 Å². The Morgan fingerprint density at radius 1 is 1.35 bits per heavy atom. The minimum atomic E-state index is -3.59. The fourth-order valence-electron chi connectivity index (χ4n) is 1.65. The van der Waals surface area contributed by atoms with Gasteiger partial charge in [-0.2, -0.15) is 4.31 Å². The molecule has 1 aliphatic heterocycles. The van der Waals surface area contributed by atoms with Crippen molar-refractivity contribution in [3.8, 4) is 0 Å². The van der Waals surface area contributed by atoms with Gasteiger partial charge in [-0.1, -0.05) is 23.2 Å². The zero-order valence-electron chi connectivity index (χ0n) is 8.81. The van der Waals surface area contributed by atoms with Crippen molar-refractivity contribution in [1.82, 2.24) is 4.31 Å². The van der Waals surface area contributed by atoms with Crippen molar-refractivity contribution < 1.29 is 13.5 Å². The highest BCUT2D eigenvalue weighted by atomic mass is 35.5. The zero-order valence-corrected chi connectivity index (χ0v) is 11.1. The van der Waals surface area contributed by atoms with E-state index in [-0.39, 0.29) is 22.4 Å². The fourth-order valence-corrected chi connectivity index (χ4v) is 3.98. The van der Waals surface area contributed by atoms with Crippen LogP contribution < -0.4 is 0 Å². The van der Waals surface area contributed by atoms with Crippen molar-refractivity contribution in [2.75, 3.05) is 19.7 Å². The highest BCUT2D eigenvalue weighted by Gasteiger charge is 2.37. The van der Waals surface area contributed by atoms with Gasteiger partial charge < -0.3 is 5.11 Å². The third-order valence-corrected chi connectivity index (χ3v) is 5.24. The monoisotopic (exact) mass is 295 g/mol. The molecule has 1 heterocycles. The number of aliphatic hydroxyl groups excluding tert-OH is 1. The van der Waals surface area contributed by atoms with Crippen molar-refractivity contribution in [1.29, 1.82) is 0 Å². The summed E-state index contributed by atoms with van der Waals surface area (Å²) in [6.45, 7) is 0.638. The Morgan fingerprint density at radius 2 is 2.00 bits per heavy atom. The summed E-state index contributed by atoms with van der Waals surface area (Å²) in [6, 6.07) is 4.33. The van der Waals surface area contributed by atoms with Gasteiger partial charge in [-0.3, -0.25) is 0 Å². The molecule has 0 aromatic heterocycles. The van der Waals surface area contributed by atoms with Crippen molar-refractivity contribution in [3.63, 3.8) is 0 Å². The number of hydrogen-bond acceptors (Lipinski definition) is 3. The standard InChI is InChI=1S/C10H11Cl2NO3S/c11-8-1-2-9(12)10(3-8)17(15,16)13-4-7(5-13)6-14/h1-3,7,14H,4-6H2. The Morgan fingerprint density at radius 3 is 2.59 bits per heavy atom. The van der Waals surface area contributed by atoms with Gasteiger partial charge >= 0.3 is 0 Å². The molecule has 4 nitrogen and oxygen atoms in total. The van der Waals surface area contributed by atoms with E-state index in [4.69, 9.17) is 28.3 Å². The van der Waals surface area contributed by atoms with Crippen LogP contribution in [0.4, 0.5) is 0 Å². The van der Waals surface area contributed by atoms with Crippen LogP contribution in [0, 0.1) is 5.92 Å². The topological polar surface area (TPSA) is 57.6 Å². The molecule has 1 aromatic rings. The average molecular weight is 296 g/mol. The zero-order chi connectivity index (χ0) is 12.6. The molecule has 0 atom stereocenters. The molecule has 94 valence electrons. The molecule has 0 saturated carbocycles. The maximum Gasteiger partial charge on any atom is 0.244 e. The summed E-state index contributed by atoms with van der Waals surface area (Å²) in [6.07, 6.45) is 0. The maximum absolute atomic E-state index is 12.2. The van der Waals surface area contributed by atoms with E-state index in [0.717, 1.165) is 0 Å². The summed E-state index contributed by atoms with van der Waals surface area (Å²) in [5.41, 5.74) is 0. The van der Waals surface area contributed by atoms with Crippen LogP contribution in [0.5, 0.6) is 0 Å². The molecule has 0 radical (unpaired) electrons. The average Bonchev–Trinajstić information content (AvgIpc) is 2.19. The lowest BCUT2D eigenvalue weighted by molar-refractivity contribution is 0.117. The van der Waals surface area contributed by atoms with E-state index in [1.54, 1.807) is 0 Å². The molecule has 1 aliphatic rings. The summed E-state index contributed by atoms with van der Waals surface area (Å²) < 4.78 is 25.6. The molecule has 1 saturated heterocycles. The second kappa shape index (κ2) is 4.74. The van der Waals surface area contributed by atoms with Gasteiger partial charge in [-0.15, -0.1) is 0 Å². The SMILES string of the molecule is O=S(=O)(c1cc(Cl)ccc1Cl)N1CC(CO)C1. The minimum absolute atomic E-state index is 0.00466. The van der Waals surface area contributed by atoms with Crippen LogP contribution in [-0.4, -0.2) is 37.5 Å². The second-order valence-corrected chi connectivity index (χ2v) is 6.70. The molecular weight excluding hydrogens is 285 g/mol. The van der Waals surface area contributed by atoms with E-state index in [0.29, 0.717) is 18.1 Å². The minimum Gasteiger partial charge on any atom is -0.396 e. The predicted molar refractivity (Wildman–Crippen MR) is 65.8 cm³/mol. The molecule has 0 aliphatic carbocycles. The molecule has 0 unspecified atom stereocenters. The number of rotatable bonds is 3. The quantitative estimate of drug-likeness (QED) is 0.922. The Bertz CT molecular complexity index is 526. The van der Waals surface area contributed by atoms with Gasteiger partial charge in [-0.05, 0) is 18.2 Å². The van der Waals surface area contributed by atoms with Crippen LogP contribution in [0.15, 0.2) is 23.1 Å². The van der Waals surface area contributed by atoms with Gasteiger partial charge in [0.15, 0.2) is 0 Å². The highest BCUT2D eigenvalue weighted by Crippen LogP contribution is 2.31. The van der Waals surface area contributed by atoms with Crippen LogP contribution in [0.3, 0.4) is 0 Å². The van der Waals surface area contributed by atoms with Crippen LogP contribution in [0.1, 0.15) is 0 Å². The number of halogens is 2. The van der Waals surface area contributed by atoms with Crippen molar-refractivity contribution in [3.05, 3.63) is 28.2 Å². The molecule has 7 heteroatoms. The number of sulfonamides is 1. The van der Waals surface area contributed by atoms with Crippen molar-refractivity contribution in [2.45, 2.75) is 4.90 Å². The summed E-state index contributed by atoms with van der Waals surface area (Å²) in [7, 11) is -3.59. The van der Waals surface area contributed by atoms with E-state index in [1.165, 1.54) is 22.5 Å². The van der Waals surface area contributed by atoms with Crippen molar-refractivity contribution in [2.24, 2.45) is 5.92 Å². The number of hydrogen-bond donors (Lipinski definition) is 1. The Balaban J connectivity index is 2.30. The first kappa shape index (κ1) is 13.1. The van der Waals surface area contributed by atoms with E-state index in [9.17, 15) is 8.42 Å². The molecule has 0 amide bonds. The van der Waals surface area contributed by atoms with Crippen LogP contribution in [0.25, 0.3) is 0 Å². The lowest BCUT2D eigenvalue weighted by atomic mass is 10.1. The molecule has 1 fully saturated rings. The van der Waals surface area contributed by atoms with Crippen molar-refractivity contribution >= 4 is 33.2 Å². The van der Waals surface area contributed by atoms with E-state index < -0.39 is 10.0 Å². The molecule has 17 heavy (non-hydrogen) atoms. The van der Waals surface area contributed by atoms with E-state index in [1.807, 2.05) is 0 Å².